The largest absolute Gasteiger partial charge is 0.459 e. The van der Waals surface area contributed by atoms with Crippen LogP contribution >= 0.6 is 0 Å². The normalized spacial score (nSPS) is 15.8. The van der Waals surface area contributed by atoms with E-state index in [0.29, 0.717) is 6.04 Å². The summed E-state index contributed by atoms with van der Waals surface area (Å²) in [6, 6.07) is 15.1. The minimum Gasteiger partial charge on any atom is -0.459 e. The van der Waals surface area contributed by atoms with Crippen LogP contribution in [-0.2, 0) is 29.0 Å². The van der Waals surface area contributed by atoms with E-state index in [1.54, 1.807) is 0 Å². The number of carbonyl (C=O) groups is 1. The summed E-state index contributed by atoms with van der Waals surface area (Å²) in [4.78, 5) is 25.1. The summed E-state index contributed by atoms with van der Waals surface area (Å²) in [6.07, 6.45) is 10.9. The number of unbranched alkanes of at least 4 members (excludes halogenated alkanes) is 2. The zero-order valence-corrected chi connectivity index (χ0v) is 23.2. The minimum atomic E-state index is -0.519. The molecule has 0 unspecified atom stereocenters. The van der Waals surface area contributed by atoms with Crippen LogP contribution in [0.2, 0.25) is 0 Å². The zero-order valence-electron chi connectivity index (χ0n) is 23.2. The first-order valence-corrected chi connectivity index (χ1v) is 14.1. The van der Waals surface area contributed by atoms with E-state index in [-0.39, 0.29) is 12.5 Å². The molecule has 38 heavy (non-hydrogen) atoms. The van der Waals surface area contributed by atoms with Gasteiger partial charge in [0.25, 0.3) is 0 Å². The summed E-state index contributed by atoms with van der Waals surface area (Å²) in [7, 11) is 0. The molecule has 0 saturated carbocycles. The van der Waals surface area contributed by atoms with E-state index in [4.69, 9.17) is 14.7 Å². The van der Waals surface area contributed by atoms with Gasteiger partial charge in [0.05, 0.1) is 29.1 Å². The number of aryl methyl sites for hydroxylation is 1. The predicted octanol–water partition coefficient (Wildman–Crippen LogP) is 7.00. The van der Waals surface area contributed by atoms with Crippen molar-refractivity contribution < 1.29 is 9.53 Å². The number of pyridine rings is 2. The number of esters is 1. The summed E-state index contributed by atoms with van der Waals surface area (Å²) in [5, 5.41) is 2.27. The van der Waals surface area contributed by atoms with Crippen molar-refractivity contribution in [1.82, 2.24) is 19.4 Å². The van der Waals surface area contributed by atoms with Gasteiger partial charge in [0.15, 0.2) is 0 Å². The predicted molar refractivity (Wildman–Crippen MR) is 153 cm³/mol. The molecule has 4 aromatic rings. The van der Waals surface area contributed by atoms with Crippen LogP contribution in [0, 0.1) is 0 Å². The number of hydrogen-bond acceptors (Lipinski definition) is 5. The van der Waals surface area contributed by atoms with Crippen molar-refractivity contribution >= 4 is 27.8 Å². The third-order valence-electron chi connectivity index (χ3n) is 7.44. The summed E-state index contributed by atoms with van der Waals surface area (Å²) in [5.41, 5.74) is 5.15. The standard InChI is InChI=1S/C32H40N4O2/c1-5-6-9-18-35(28-16-10-12-23-13-11-17-33-31(23)28)21-24-19-26-25-14-7-8-15-27(25)36(29(26)20-34-24)22-30(37)38-32(2,3)4/h7-8,11,13-15,17,19-20,28H,5-6,9-10,12,16,18,21-22H2,1-4H3/t28-/m0/s1. The summed E-state index contributed by atoms with van der Waals surface area (Å²) in [6.45, 7) is 9.94. The van der Waals surface area contributed by atoms with Crippen molar-refractivity contribution in [1.29, 1.82) is 0 Å². The lowest BCUT2D eigenvalue weighted by Gasteiger charge is -2.35. The second-order valence-corrected chi connectivity index (χ2v) is 11.5. The number of nitrogens with zero attached hydrogens (tertiary/aromatic N) is 4. The van der Waals surface area contributed by atoms with Crippen LogP contribution in [0.4, 0.5) is 0 Å². The van der Waals surface area contributed by atoms with Gasteiger partial charge in [0.2, 0.25) is 0 Å². The molecule has 0 saturated heterocycles. The number of fused-ring (bicyclic) bond motifs is 4. The Morgan fingerprint density at radius 3 is 2.74 bits per heavy atom. The fourth-order valence-corrected chi connectivity index (χ4v) is 5.81. The molecule has 6 heteroatoms. The van der Waals surface area contributed by atoms with E-state index in [2.05, 4.69) is 48.2 Å². The molecule has 1 aliphatic rings. The summed E-state index contributed by atoms with van der Waals surface area (Å²) in [5.74, 6) is -0.241. The highest BCUT2D eigenvalue weighted by Crippen LogP contribution is 2.35. The van der Waals surface area contributed by atoms with Crippen LogP contribution in [-0.4, -0.2) is 37.6 Å². The second kappa shape index (κ2) is 11.2. The van der Waals surface area contributed by atoms with E-state index < -0.39 is 5.60 Å². The molecule has 0 spiro atoms. The van der Waals surface area contributed by atoms with Crippen molar-refractivity contribution in [3.05, 3.63) is 71.8 Å². The first kappa shape index (κ1) is 26.4. The number of hydrogen-bond donors (Lipinski definition) is 0. The lowest BCUT2D eigenvalue weighted by molar-refractivity contribution is -0.155. The van der Waals surface area contributed by atoms with Gasteiger partial charge in [0, 0.05) is 29.0 Å². The van der Waals surface area contributed by atoms with E-state index >= 15 is 0 Å². The van der Waals surface area contributed by atoms with Gasteiger partial charge in [-0.1, -0.05) is 44.0 Å². The third-order valence-corrected chi connectivity index (χ3v) is 7.44. The van der Waals surface area contributed by atoms with Crippen LogP contribution in [0.15, 0.2) is 54.9 Å². The lowest BCUT2D eigenvalue weighted by Crippen LogP contribution is -2.33. The highest BCUT2D eigenvalue weighted by Gasteiger charge is 2.27. The summed E-state index contributed by atoms with van der Waals surface area (Å²) < 4.78 is 7.67. The molecule has 3 heterocycles. The van der Waals surface area contributed by atoms with Crippen LogP contribution in [0.5, 0.6) is 0 Å². The second-order valence-electron chi connectivity index (χ2n) is 11.5. The molecule has 0 radical (unpaired) electrons. The van der Waals surface area contributed by atoms with Crippen LogP contribution in [0.3, 0.4) is 0 Å². The van der Waals surface area contributed by atoms with Gasteiger partial charge < -0.3 is 9.30 Å². The van der Waals surface area contributed by atoms with Crippen molar-refractivity contribution in [2.45, 2.75) is 91.0 Å². The lowest BCUT2D eigenvalue weighted by atomic mass is 9.90. The highest BCUT2D eigenvalue weighted by atomic mass is 16.6. The van der Waals surface area contributed by atoms with Crippen molar-refractivity contribution in [3.8, 4) is 0 Å². The minimum absolute atomic E-state index is 0.163. The van der Waals surface area contributed by atoms with E-state index in [9.17, 15) is 4.79 Å². The van der Waals surface area contributed by atoms with Crippen LogP contribution in [0.1, 0.15) is 82.8 Å². The van der Waals surface area contributed by atoms with Crippen LogP contribution in [0.25, 0.3) is 21.8 Å². The smallest absolute Gasteiger partial charge is 0.326 e. The van der Waals surface area contributed by atoms with Gasteiger partial charge in [-0.2, -0.15) is 0 Å². The Kier molecular flexibility index (Phi) is 7.80. The Balaban J connectivity index is 1.48. The molecule has 1 aromatic carbocycles. The first-order valence-electron chi connectivity index (χ1n) is 14.1. The molecule has 0 fully saturated rings. The molecule has 6 nitrogen and oxygen atoms in total. The molecule has 200 valence electrons. The fraction of sp³-hybridized carbons (Fsp3) is 0.469. The molecule has 0 aliphatic heterocycles. The monoisotopic (exact) mass is 512 g/mol. The van der Waals surface area contributed by atoms with E-state index in [0.717, 1.165) is 53.4 Å². The first-order chi connectivity index (χ1) is 18.3. The Morgan fingerprint density at radius 2 is 1.92 bits per heavy atom. The summed E-state index contributed by atoms with van der Waals surface area (Å²) >= 11 is 0. The Bertz CT molecular complexity index is 1420. The molecular formula is C32H40N4O2. The molecular weight excluding hydrogens is 472 g/mol. The number of aromatic nitrogens is 3. The molecule has 1 aliphatic carbocycles. The van der Waals surface area contributed by atoms with E-state index in [1.807, 2.05) is 43.8 Å². The van der Waals surface area contributed by atoms with Gasteiger partial charge in [-0.3, -0.25) is 19.7 Å². The molecule has 3 aromatic heterocycles. The Hall–Kier alpha value is -3.25. The number of ether oxygens (including phenoxy) is 1. The van der Waals surface area contributed by atoms with Gasteiger partial charge >= 0.3 is 5.97 Å². The Morgan fingerprint density at radius 1 is 1.08 bits per heavy atom. The van der Waals surface area contributed by atoms with Gasteiger partial charge in [0.1, 0.15) is 12.1 Å². The quantitative estimate of drug-likeness (QED) is 0.179. The maximum atomic E-state index is 12.8. The van der Waals surface area contributed by atoms with Gasteiger partial charge in [-0.05, 0) is 76.8 Å². The molecule has 0 bridgehead atoms. The molecule has 0 N–H and O–H groups in total. The molecule has 0 amide bonds. The topological polar surface area (TPSA) is 60.2 Å². The Labute approximate surface area is 226 Å². The highest BCUT2D eigenvalue weighted by molar-refractivity contribution is 6.08. The maximum absolute atomic E-state index is 12.8. The number of carbonyl (C=O) groups excluding carboxylic acids is 1. The number of para-hydroxylation sites is 1. The number of benzene rings is 1. The van der Waals surface area contributed by atoms with Crippen molar-refractivity contribution in [2.75, 3.05) is 6.54 Å². The third kappa shape index (κ3) is 5.75. The number of rotatable bonds is 9. The van der Waals surface area contributed by atoms with Crippen molar-refractivity contribution in [3.63, 3.8) is 0 Å². The molecule has 1 atom stereocenters. The van der Waals surface area contributed by atoms with E-state index in [1.165, 1.54) is 36.9 Å². The maximum Gasteiger partial charge on any atom is 0.326 e. The SMILES string of the molecule is CCCCCN(Cc1cc2c3ccccc3n(CC(=O)OC(C)(C)C)c2cn1)[C@H]1CCCc2cccnc21. The molecule has 5 rings (SSSR count). The van der Waals surface area contributed by atoms with Crippen molar-refractivity contribution in [2.24, 2.45) is 0 Å². The average molecular weight is 513 g/mol. The fourth-order valence-electron chi connectivity index (χ4n) is 5.81. The average Bonchev–Trinajstić information content (AvgIpc) is 3.19. The van der Waals surface area contributed by atoms with Gasteiger partial charge in [-0.25, -0.2) is 0 Å². The zero-order chi connectivity index (χ0) is 26.7. The van der Waals surface area contributed by atoms with Crippen LogP contribution < -0.4 is 0 Å². The van der Waals surface area contributed by atoms with Gasteiger partial charge in [-0.15, -0.1) is 0 Å².